The summed E-state index contributed by atoms with van der Waals surface area (Å²) in [5, 5.41) is 34.8. The third kappa shape index (κ3) is 4.20. The lowest BCUT2D eigenvalue weighted by Gasteiger charge is -2.42. The Hall–Kier alpha value is -2.98. The Kier molecular flexibility index (Phi) is 6.43. The van der Waals surface area contributed by atoms with E-state index in [-0.39, 0.29) is 12.5 Å². The van der Waals surface area contributed by atoms with Crippen molar-refractivity contribution in [2.24, 2.45) is 0 Å². The maximum atomic E-state index is 12.6. The summed E-state index contributed by atoms with van der Waals surface area (Å²) in [6.07, 6.45) is -6.03. The van der Waals surface area contributed by atoms with Crippen molar-refractivity contribution in [2.75, 3.05) is 13.2 Å². The first kappa shape index (κ1) is 22.2. The lowest BCUT2D eigenvalue weighted by atomic mass is 9.96. The number of hydrogen-bond acceptors (Lipinski definition) is 7. The summed E-state index contributed by atoms with van der Waals surface area (Å²) in [4.78, 5) is 24.1. The van der Waals surface area contributed by atoms with Crippen molar-refractivity contribution in [2.45, 2.75) is 43.4 Å². The van der Waals surface area contributed by atoms with Crippen LogP contribution in [0.25, 0.3) is 11.1 Å². The molecule has 0 unspecified atom stereocenters. The average molecular weight is 442 g/mol. The molecule has 2 aromatic carbocycles. The van der Waals surface area contributed by atoms with Crippen LogP contribution in [0.2, 0.25) is 0 Å². The van der Waals surface area contributed by atoms with E-state index in [1.165, 1.54) is 6.92 Å². The molecule has 4 rings (SSSR count). The number of hydrogen-bond donors (Lipinski definition) is 5. The molecule has 170 valence electrons. The Morgan fingerprint density at radius 2 is 1.56 bits per heavy atom. The van der Waals surface area contributed by atoms with Gasteiger partial charge in [-0.05, 0) is 22.3 Å². The largest absolute Gasteiger partial charge is 0.448 e. The van der Waals surface area contributed by atoms with Crippen LogP contribution in [0.4, 0.5) is 4.79 Å². The minimum Gasteiger partial charge on any atom is -0.448 e. The standard InChI is InChI=1S/C23H26N2O7/c1-12(27)24-19-21(29)20(28)18(10-26)32-22(19)25-23(30)31-11-17-15-8-4-2-6-13(15)14-7-3-5-9-16(14)17/h2-9,17-22,26,28-29H,10-11H2,1H3,(H,24,27)(H,25,30)/t18-,19-,20-,21-,22-/m1/s1. The second kappa shape index (κ2) is 9.25. The minimum atomic E-state index is -1.45. The molecule has 0 spiro atoms. The number of rotatable bonds is 5. The normalized spacial score (nSPS) is 26.7. The van der Waals surface area contributed by atoms with Crippen LogP contribution in [0, 0.1) is 0 Å². The first-order valence-electron chi connectivity index (χ1n) is 10.4. The smallest absolute Gasteiger partial charge is 0.409 e. The molecule has 5 atom stereocenters. The van der Waals surface area contributed by atoms with E-state index in [4.69, 9.17) is 9.47 Å². The van der Waals surface area contributed by atoms with Crippen LogP contribution in [0.3, 0.4) is 0 Å². The number of fused-ring (bicyclic) bond motifs is 3. The zero-order valence-corrected chi connectivity index (χ0v) is 17.5. The highest BCUT2D eigenvalue weighted by Crippen LogP contribution is 2.44. The predicted octanol–water partition coefficient (Wildman–Crippen LogP) is 0.469. The predicted molar refractivity (Wildman–Crippen MR) is 114 cm³/mol. The number of benzene rings is 2. The van der Waals surface area contributed by atoms with E-state index < -0.39 is 49.2 Å². The van der Waals surface area contributed by atoms with Gasteiger partial charge in [-0.1, -0.05) is 48.5 Å². The Morgan fingerprint density at radius 1 is 0.969 bits per heavy atom. The third-order valence-electron chi connectivity index (χ3n) is 5.90. The Bertz CT molecular complexity index is 952. The van der Waals surface area contributed by atoms with Crippen LogP contribution in [0.15, 0.2) is 48.5 Å². The molecule has 1 aliphatic carbocycles. The minimum absolute atomic E-state index is 0.0754. The van der Waals surface area contributed by atoms with Crippen molar-refractivity contribution in [3.05, 3.63) is 59.7 Å². The highest BCUT2D eigenvalue weighted by atomic mass is 16.6. The Balaban J connectivity index is 1.46. The van der Waals surface area contributed by atoms with Crippen molar-refractivity contribution in [3.8, 4) is 11.1 Å². The van der Waals surface area contributed by atoms with Crippen LogP contribution in [0.5, 0.6) is 0 Å². The van der Waals surface area contributed by atoms with E-state index in [1.807, 2.05) is 48.5 Å². The number of aliphatic hydroxyl groups is 3. The van der Waals surface area contributed by atoms with E-state index in [1.54, 1.807) is 0 Å². The molecule has 2 aliphatic rings. The fourth-order valence-corrected chi connectivity index (χ4v) is 4.39. The van der Waals surface area contributed by atoms with Gasteiger partial charge in [0.15, 0.2) is 6.23 Å². The molecule has 5 N–H and O–H groups in total. The van der Waals surface area contributed by atoms with E-state index in [9.17, 15) is 24.9 Å². The highest BCUT2D eigenvalue weighted by Gasteiger charge is 2.45. The van der Waals surface area contributed by atoms with Gasteiger partial charge in [0.25, 0.3) is 0 Å². The van der Waals surface area contributed by atoms with Gasteiger partial charge in [-0.25, -0.2) is 4.79 Å². The number of amides is 2. The molecule has 1 heterocycles. The van der Waals surface area contributed by atoms with Gasteiger partial charge in [-0.3, -0.25) is 10.1 Å². The second-order valence-electron chi connectivity index (χ2n) is 7.96. The molecule has 1 aliphatic heterocycles. The SMILES string of the molecule is CC(=O)N[C@@H]1[C@@H](O)[C@H](O)[C@@H](CO)O[C@H]1NC(=O)OCC1c2ccccc2-c2ccccc21. The van der Waals surface area contributed by atoms with Crippen molar-refractivity contribution in [3.63, 3.8) is 0 Å². The number of carbonyl (C=O) groups excluding carboxylic acids is 2. The van der Waals surface area contributed by atoms with Crippen molar-refractivity contribution >= 4 is 12.0 Å². The van der Waals surface area contributed by atoms with E-state index in [0.29, 0.717) is 0 Å². The molecule has 1 saturated heterocycles. The molecule has 2 amide bonds. The summed E-state index contributed by atoms with van der Waals surface area (Å²) in [6, 6.07) is 14.8. The van der Waals surface area contributed by atoms with Gasteiger partial charge in [0.05, 0.1) is 6.61 Å². The van der Waals surface area contributed by atoms with E-state index in [0.717, 1.165) is 22.3 Å². The number of alkyl carbamates (subject to hydrolysis) is 1. The van der Waals surface area contributed by atoms with Crippen LogP contribution >= 0.6 is 0 Å². The molecule has 9 heteroatoms. The molecule has 1 fully saturated rings. The molecule has 0 radical (unpaired) electrons. The molecule has 0 saturated carbocycles. The highest BCUT2D eigenvalue weighted by molar-refractivity contribution is 5.79. The average Bonchev–Trinajstić information content (AvgIpc) is 3.11. The van der Waals surface area contributed by atoms with Gasteiger partial charge in [0, 0.05) is 12.8 Å². The monoisotopic (exact) mass is 442 g/mol. The Morgan fingerprint density at radius 3 is 2.12 bits per heavy atom. The van der Waals surface area contributed by atoms with Crippen LogP contribution in [0.1, 0.15) is 24.0 Å². The molecule has 2 aromatic rings. The van der Waals surface area contributed by atoms with Gasteiger partial charge in [-0.2, -0.15) is 0 Å². The van der Waals surface area contributed by atoms with Gasteiger partial charge >= 0.3 is 6.09 Å². The molecule has 9 nitrogen and oxygen atoms in total. The van der Waals surface area contributed by atoms with Crippen LogP contribution in [-0.4, -0.2) is 71.1 Å². The third-order valence-corrected chi connectivity index (χ3v) is 5.90. The lowest BCUT2D eigenvalue weighted by molar-refractivity contribution is -0.200. The summed E-state index contributed by atoms with van der Waals surface area (Å²) < 4.78 is 11.0. The fraction of sp³-hybridized carbons (Fsp3) is 0.391. The summed E-state index contributed by atoms with van der Waals surface area (Å²) in [7, 11) is 0. The first-order valence-corrected chi connectivity index (χ1v) is 10.4. The van der Waals surface area contributed by atoms with Crippen LogP contribution in [-0.2, 0) is 14.3 Å². The van der Waals surface area contributed by atoms with E-state index >= 15 is 0 Å². The summed E-state index contributed by atoms with van der Waals surface area (Å²) in [6.45, 7) is 0.738. The number of nitrogens with one attached hydrogen (secondary N) is 2. The number of ether oxygens (including phenoxy) is 2. The summed E-state index contributed by atoms with van der Waals surface area (Å²) in [5.41, 5.74) is 4.32. The second-order valence-corrected chi connectivity index (χ2v) is 7.96. The maximum absolute atomic E-state index is 12.6. The zero-order valence-electron chi connectivity index (χ0n) is 17.5. The summed E-state index contributed by atoms with van der Waals surface area (Å²) in [5.74, 6) is -0.615. The van der Waals surface area contributed by atoms with Gasteiger partial charge in [0.2, 0.25) is 5.91 Å². The lowest BCUT2D eigenvalue weighted by Crippen LogP contribution is -2.68. The topological polar surface area (TPSA) is 137 Å². The zero-order chi connectivity index (χ0) is 22.8. The quantitative estimate of drug-likeness (QED) is 0.454. The van der Waals surface area contributed by atoms with Crippen molar-refractivity contribution in [1.82, 2.24) is 10.6 Å². The molecule has 0 aromatic heterocycles. The first-order chi connectivity index (χ1) is 15.4. The summed E-state index contributed by atoms with van der Waals surface area (Å²) >= 11 is 0. The molecular weight excluding hydrogens is 416 g/mol. The van der Waals surface area contributed by atoms with Gasteiger partial charge < -0.3 is 30.1 Å². The maximum Gasteiger partial charge on any atom is 0.409 e. The Labute approximate surface area is 185 Å². The number of carbonyl (C=O) groups is 2. The molecular formula is C23H26N2O7. The molecule has 0 bridgehead atoms. The van der Waals surface area contributed by atoms with Gasteiger partial charge in [0.1, 0.15) is 31.0 Å². The molecule has 32 heavy (non-hydrogen) atoms. The van der Waals surface area contributed by atoms with Crippen molar-refractivity contribution < 1.29 is 34.4 Å². The van der Waals surface area contributed by atoms with Crippen LogP contribution < -0.4 is 10.6 Å². The fourth-order valence-electron chi connectivity index (χ4n) is 4.39. The van der Waals surface area contributed by atoms with Crippen molar-refractivity contribution in [1.29, 1.82) is 0 Å². The number of aliphatic hydroxyl groups excluding tert-OH is 3. The van der Waals surface area contributed by atoms with E-state index in [2.05, 4.69) is 10.6 Å². The van der Waals surface area contributed by atoms with Gasteiger partial charge in [-0.15, -0.1) is 0 Å².